The van der Waals surface area contributed by atoms with Gasteiger partial charge in [-0.05, 0) is 12.3 Å². The molecular formula is C11H23NO2. The van der Waals surface area contributed by atoms with E-state index >= 15 is 0 Å². The van der Waals surface area contributed by atoms with Gasteiger partial charge in [0, 0.05) is 13.5 Å². The zero-order valence-electron chi connectivity index (χ0n) is 9.79. The van der Waals surface area contributed by atoms with Crippen LogP contribution in [0.3, 0.4) is 0 Å². The van der Waals surface area contributed by atoms with Crippen LogP contribution < -0.4 is 0 Å². The summed E-state index contributed by atoms with van der Waals surface area (Å²) < 4.78 is 0. The molecule has 0 aromatic heterocycles. The summed E-state index contributed by atoms with van der Waals surface area (Å²) in [6.45, 7) is 6.15. The summed E-state index contributed by atoms with van der Waals surface area (Å²) in [5.74, 6) is 0.440. The molecule has 14 heavy (non-hydrogen) atoms. The van der Waals surface area contributed by atoms with E-state index in [2.05, 4.69) is 6.92 Å². The second-order valence-electron chi connectivity index (χ2n) is 4.10. The van der Waals surface area contributed by atoms with Gasteiger partial charge < -0.3 is 10.0 Å². The minimum absolute atomic E-state index is 0.0423. The smallest absolute Gasteiger partial charge is 0.222 e. The largest absolute Gasteiger partial charge is 0.394 e. The topological polar surface area (TPSA) is 40.5 Å². The fourth-order valence-electron chi connectivity index (χ4n) is 1.47. The van der Waals surface area contributed by atoms with Crippen molar-refractivity contribution in [3.05, 3.63) is 0 Å². The second kappa shape index (κ2) is 6.82. The van der Waals surface area contributed by atoms with E-state index in [0.29, 0.717) is 12.3 Å². The van der Waals surface area contributed by atoms with E-state index in [1.807, 2.05) is 13.8 Å². The third-order valence-electron chi connectivity index (χ3n) is 2.59. The summed E-state index contributed by atoms with van der Waals surface area (Å²) in [4.78, 5) is 13.3. The van der Waals surface area contributed by atoms with Crippen molar-refractivity contribution >= 4 is 5.91 Å². The quantitative estimate of drug-likeness (QED) is 0.710. The number of likely N-dealkylation sites (N-methyl/N-ethyl adjacent to an activating group) is 1. The first-order valence-electron chi connectivity index (χ1n) is 5.41. The lowest BCUT2D eigenvalue weighted by Crippen LogP contribution is -2.42. The summed E-state index contributed by atoms with van der Waals surface area (Å²) in [5, 5.41) is 9.15. The van der Waals surface area contributed by atoms with Gasteiger partial charge in [0.2, 0.25) is 5.91 Å². The predicted octanol–water partition coefficient (Wildman–Crippen LogP) is 1.65. The van der Waals surface area contributed by atoms with Gasteiger partial charge >= 0.3 is 0 Å². The van der Waals surface area contributed by atoms with Crippen LogP contribution in [0.2, 0.25) is 0 Å². The standard InChI is InChI=1S/C11H23NO2/c1-5-6-7-11(14)12(4)10(8-13)9(2)3/h9-10,13H,5-8H2,1-4H3. The van der Waals surface area contributed by atoms with Crippen molar-refractivity contribution < 1.29 is 9.90 Å². The first-order valence-corrected chi connectivity index (χ1v) is 5.41. The van der Waals surface area contributed by atoms with Crippen LogP contribution in [-0.2, 0) is 4.79 Å². The fraction of sp³-hybridized carbons (Fsp3) is 0.909. The lowest BCUT2D eigenvalue weighted by atomic mass is 10.0. The number of hydrogen-bond donors (Lipinski definition) is 1. The fourth-order valence-corrected chi connectivity index (χ4v) is 1.47. The molecule has 0 fully saturated rings. The van der Waals surface area contributed by atoms with Crippen LogP contribution >= 0.6 is 0 Å². The number of hydrogen-bond acceptors (Lipinski definition) is 2. The third-order valence-corrected chi connectivity index (χ3v) is 2.59. The van der Waals surface area contributed by atoms with Crippen LogP contribution in [0.4, 0.5) is 0 Å². The highest BCUT2D eigenvalue weighted by atomic mass is 16.3. The van der Waals surface area contributed by atoms with Crippen molar-refractivity contribution in [1.82, 2.24) is 4.90 Å². The van der Waals surface area contributed by atoms with E-state index in [0.717, 1.165) is 12.8 Å². The summed E-state index contributed by atoms with van der Waals surface area (Å²) >= 11 is 0. The van der Waals surface area contributed by atoms with Crippen molar-refractivity contribution in [2.45, 2.75) is 46.1 Å². The molecule has 1 N–H and O–H groups in total. The van der Waals surface area contributed by atoms with E-state index in [4.69, 9.17) is 5.11 Å². The third kappa shape index (κ3) is 4.09. The van der Waals surface area contributed by atoms with Crippen LogP contribution in [0, 0.1) is 5.92 Å². The van der Waals surface area contributed by atoms with Gasteiger partial charge in [-0.25, -0.2) is 0 Å². The highest BCUT2D eigenvalue weighted by molar-refractivity contribution is 5.76. The van der Waals surface area contributed by atoms with E-state index in [-0.39, 0.29) is 18.6 Å². The Kier molecular flexibility index (Phi) is 6.54. The zero-order chi connectivity index (χ0) is 11.1. The molecule has 0 bridgehead atoms. The normalized spacial score (nSPS) is 13.0. The first kappa shape index (κ1) is 13.4. The van der Waals surface area contributed by atoms with Crippen LogP contribution in [0.5, 0.6) is 0 Å². The van der Waals surface area contributed by atoms with Gasteiger partial charge in [-0.1, -0.05) is 27.2 Å². The number of unbranched alkanes of at least 4 members (excludes halogenated alkanes) is 1. The molecule has 1 amide bonds. The zero-order valence-corrected chi connectivity index (χ0v) is 9.79. The maximum Gasteiger partial charge on any atom is 0.222 e. The SMILES string of the molecule is CCCCC(=O)N(C)C(CO)C(C)C. The second-order valence-corrected chi connectivity index (χ2v) is 4.10. The summed E-state index contributed by atoms with van der Waals surface area (Å²) in [5.41, 5.74) is 0. The van der Waals surface area contributed by atoms with Gasteiger partial charge in [0.15, 0.2) is 0 Å². The molecule has 0 aliphatic heterocycles. The predicted molar refractivity (Wildman–Crippen MR) is 58.0 cm³/mol. The Bertz CT molecular complexity index is 169. The monoisotopic (exact) mass is 201 g/mol. The first-order chi connectivity index (χ1) is 6.54. The van der Waals surface area contributed by atoms with E-state index < -0.39 is 0 Å². The molecule has 1 atom stereocenters. The van der Waals surface area contributed by atoms with Gasteiger partial charge in [-0.2, -0.15) is 0 Å². The lowest BCUT2D eigenvalue weighted by molar-refractivity contribution is -0.133. The Labute approximate surface area is 87.1 Å². The molecule has 1 unspecified atom stereocenters. The number of rotatable bonds is 6. The number of aliphatic hydroxyl groups excluding tert-OH is 1. The number of carbonyl (C=O) groups is 1. The average Bonchev–Trinajstić information content (AvgIpc) is 2.14. The van der Waals surface area contributed by atoms with Gasteiger partial charge in [-0.15, -0.1) is 0 Å². The molecule has 0 aromatic carbocycles. The molecule has 3 nitrogen and oxygen atoms in total. The number of aliphatic hydroxyl groups is 1. The molecule has 0 heterocycles. The molecule has 0 aliphatic carbocycles. The summed E-state index contributed by atoms with van der Waals surface area (Å²) in [6.07, 6.45) is 2.56. The molecule has 0 saturated carbocycles. The van der Waals surface area contributed by atoms with Crippen LogP contribution in [-0.4, -0.2) is 35.6 Å². The molecule has 0 rings (SSSR count). The van der Waals surface area contributed by atoms with E-state index in [1.165, 1.54) is 0 Å². The molecule has 0 aromatic rings. The van der Waals surface area contributed by atoms with Crippen molar-refractivity contribution in [1.29, 1.82) is 0 Å². The lowest BCUT2D eigenvalue weighted by Gasteiger charge is -2.29. The summed E-state index contributed by atoms with van der Waals surface area (Å²) in [7, 11) is 1.78. The molecule has 0 radical (unpaired) electrons. The highest BCUT2D eigenvalue weighted by Crippen LogP contribution is 2.10. The minimum Gasteiger partial charge on any atom is -0.394 e. The van der Waals surface area contributed by atoms with E-state index in [1.54, 1.807) is 11.9 Å². The Morgan fingerprint density at radius 2 is 2.00 bits per heavy atom. The van der Waals surface area contributed by atoms with Crippen molar-refractivity contribution in [2.24, 2.45) is 5.92 Å². The maximum absolute atomic E-state index is 11.6. The van der Waals surface area contributed by atoms with Crippen LogP contribution in [0.25, 0.3) is 0 Å². The Morgan fingerprint density at radius 3 is 2.36 bits per heavy atom. The Hall–Kier alpha value is -0.570. The van der Waals surface area contributed by atoms with Crippen molar-refractivity contribution in [3.8, 4) is 0 Å². The van der Waals surface area contributed by atoms with Gasteiger partial charge in [-0.3, -0.25) is 4.79 Å². The molecular weight excluding hydrogens is 178 g/mol. The van der Waals surface area contributed by atoms with Gasteiger partial charge in [0.25, 0.3) is 0 Å². The van der Waals surface area contributed by atoms with Crippen LogP contribution in [0.15, 0.2) is 0 Å². The molecule has 84 valence electrons. The Morgan fingerprint density at radius 1 is 1.43 bits per heavy atom. The number of nitrogens with zero attached hydrogens (tertiary/aromatic N) is 1. The van der Waals surface area contributed by atoms with E-state index in [9.17, 15) is 4.79 Å². The van der Waals surface area contributed by atoms with Gasteiger partial charge in [0.1, 0.15) is 0 Å². The highest BCUT2D eigenvalue weighted by Gasteiger charge is 2.21. The minimum atomic E-state index is -0.0423. The molecule has 3 heteroatoms. The molecule has 0 aliphatic rings. The average molecular weight is 201 g/mol. The molecule has 0 spiro atoms. The Balaban J connectivity index is 4.13. The van der Waals surface area contributed by atoms with Gasteiger partial charge in [0.05, 0.1) is 12.6 Å². The summed E-state index contributed by atoms with van der Waals surface area (Å²) in [6, 6.07) is -0.0423. The molecule has 0 saturated heterocycles. The maximum atomic E-state index is 11.6. The number of amides is 1. The van der Waals surface area contributed by atoms with Crippen molar-refractivity contribution in [2.75, 3.05) is 13.7 Å². The number of carbonyl (C=O) groups excluding carboxylic acids is 1. The van der Waals surface area contributed by atoms with Crippen LogP contribution in [0.1, 0.15) is 40.0 Å². The van der Waals surface area contributed by atoms with Crippen molar-refractivity contribution in [3.63, 3.8) is 0 Å².